The number of halogens is 1. The fourth-order valence-corrected chi connectivity index (χ4v) is 2.00. The van der Waals surface area contributed by atoms with Gasteiger partial charge >= 0.3 is 0 Å². The van der Waals surface area contributed by atoms with E-state index in [-0.39, 0.29) is 5.91 Å². The van der Waals surface area contributed by atoms with E-state index in [1.54, 1.807) is 0 Å². The number of nitrogens with one attached hydrogen (secondary N) is 1. The molecule has 1 aromatic rings. The topological polar surface area (TPSA) is 29.1 Å². The average molecular weight is 312 g/mol. The molecular formula is C15H22BrNO. The third kappa shape index (κ3) is 6.20. The Labute approximate surface area is 118 Å². The van der Waals surface area contributed by atoms with E-state index in [2.05, 4.69) is 47.2 Å². The molecule has 1 amide bonds. The van der Waals surface area contributed by atoms with Gasteiger partial charge in [-0.15, -0.1) is 0 Å². The third-order valence-corrected chi connectivity index (χ3v) is 3.32. The van der Waals surface area contributed by atoms with E-state index < -0.39 is 0 Å². The molecule has 2 nitrogen and oxygen atoms in total. The lowest BCUT2D eigenvalue weighted by atomic mass is 10.1. The van der Waals surface area contributed by atoms with Gasteiger partial charge in [0.25, 0.3) is 0 Å². The smallest absolute Gasteiger partial charge is 0.224 e. The summed E-state index contributed by atoms with van der Waals surface area (Å²) in [6, 6.07) is 8.12. The molecular weight excluding hydrogens is 290 g/mol. The maximum absolute atomic E-state index is 11.7. The van der Waals surface area contributed by atoms with Gasteiger partial charge in [-0.2, -0.15) is 0 Å². The molecule has 0 radical (unpaired) electrons. The van der Waals surface area contributed by atoms with Crippen LogP contribution < -0.4 is 5.32 Å². The number of hydrogen-bond donors (Lipinski definition) is 1. The summed E-state index contributed by atoms with van der Waals surface area (Å²) in [4.78, 5) is 11.7. The van der Waals surface area contributed by atoms with Crippen molar-refractivity contribution in [2.45, 2.75) is 39.5 Å². The van der Waals surface area contributed by atoms with Crippen LogP contribution in [0.2, 0.25) is 0 Å². The van der Waals surface area contributed by atoms with E-state index in [1.165, 1.54) is 5.56 Å². The summed E-state index contributed by atoms with van der Waals surface area (Å²) in [6.45, 7) is 4.27. The van der Waals surface area contributed by atoms with Crippen LogP contribution in [0.3, 0.4) is 0 Å². The van der Waals surface area contributed by atoms with Crippen LogP contribution in [0.1, 0.15) is 38.7 Å². The molecule has 0 aliphatic carbocycles. The Kier molecular flexibility index (Phi) is 7.02. The zero-order valence-corrected chi connectivity index (χ0v) is 12.8. The second-order valence-electron chi connectivity index (χ2n) is 4.97. The molecule has 1 N–H and O–H groups in total. The minimum atomic E-state index is 0.112. The first-order valence-corrected chi connectivity index (χ1v) is 7.68. The molecule has 0 atom stereocenters. The zero-order valence-electron chi connectivity index (χ0n) is 11.2. The number of anilines is 1. The Balaban J connectivity index is 2.48. The first-order valence-electron chi connectivity index (χ1n) is 6.56. The third-order valence-electron chi connectivity index (χ3n) is 2.76. The molecule has 0 bridgehead atoms. The Hall–Kier alpha value is -0.830. The number of hydrogen-bond acceptors (Lipinski definition) is 1. The minimum Gasteiger partial charge on any atom is -0.326 e. The van der Waals surface area contributed by atoms with Crippen LogP contribution in [0.5, 0.6) is 0 Å². The Morgan fingerprint density at radius 1 is 1.39 bits per heavy atom. The van der Waals surface area contributed by atoms with E-state index in [9.17, 15) is 4.79 Å². The molecule has 1 rings (SSSR count). The lowest BCUT2D eigenvalue weighted by Gasteiger charge is -2.08. The van der Waals surface area contributed by atoms with Crippen LogP contribution >= 0.6 is 15.9 Å². The normalized spacial score (nSPS) is 10.7. The van der Waals surface area contributed by atoms with Gasteiger partial charge in [0.05, 0.1) is 0 Å². The van der Waals surface area contributed by atoms with E-state index in [4.69, 9.17) is 0 Å². The highest BCUT2D eigenvalue weighted by Gasteiger charge is 2.04. The van der Waals surface area contributed by atoms with Gasteiger partial charge in [-0.3, -0.25) is 4.79 Å². The van der Waals surface area contributed by atoms with Crippen molar-refractivity contribution in [3.8, 4) is 0 Å². The number of benzene rings is 1. The van der Waals surface area contributed by atoms with Gasteiger partial charge in [0.15, 0.2) is 0 Å². The van der Waals surface area contributed by atoms with E-state index in [0.717, 1.165) is 30.3 Å². The van der Waals surface area contributed by atoms with Gasteiger partial charge in [-0.05, 0) is 42.9 Å². The number of rotatable bonds is 7. The van der Waals surface area contributed by atoms with Crippen LogP contribution in [0.15, 0.2) is 24.3 Å². The van der Waals surface area contributed by atoms with Crippen LogP contribution in [0.25, 0.3) is 0 Å². The molecule has 18 heavy (non-hydrogen) atoms. The molecule has 0 unspecified atom stereocenters. The molecule has 0 fully saturated rings. The standard InChI is InChI=1S/C15H22BrNO/c1-12(2)8-9-15(18)17-14-7-3-5-13(11-14)6-4-10-16/h3,5,7,11-12H,4,6,8-10H2,1-2H3,(H,17,18). The second kappa shape index (κ2) is 8.30. The van der Waals surface area contributed by atoms with Crippen LogP contribution in [-0.2, 0) is 11.2 Å². The fourth-order valence-electron chi connectivity index (χ4n) is 1.72. The first-order chi connectivity index (χ1) is 8.61. The van der Waals surface area contributed by atoms with Crippen LogP contribution in [-0.4, -0.2) is 11.2 Å². The maximum Gasteiger partial charge on any atom is 0.224 e. The summed E-state index contributed by atoms with van der Waals surface area (Å²) in [5.74, 6) is 0.683. The number of carbonyl (C=O) groups excluding carboxylic acids is 1. The number of carbonyl (C=O) groups is 1. The average Bonchev–Trinajstić information content (AvgIpc) is 2.34. The van der Waals surface area contributed by atoms with Crippen molar-refractivity contribution < 1.29 is 4.79 Å². The van der Waals surface area contributed by atoms with Gasteiger partial charge in [0.1, 0.15) is 0 Å². The second-order valence-corrected chi connectivity index (χ2v) is 5.77. The van der Waals surface area contributed by atoms with Crippen molar-refractivity contribution in [1.29, 1.82) is 0 Å². The number of aryl methyl sites for hydroxylation is 1. The monoisotopic (exact) mass is 311 g/mol. The molecule has 0 aromatic heterocycles. The molecule has 0 saturated carbocycles. The predicted octanol–water partition coefficient (Wildman–Crippen LogP) is 4.39. The SMILES string of the molecule is CC(C)CCC(=O)Nc1cccc(CCCBr)c1. The predicted molar refractivity (Wildman–Crippen MR) is 81.3 cm³/mol. The van der Waals surface area contributed by atoms with Gasteiger partial charge < -0.3 is 5.32 Å². The molecule has 0 heterocycles. The van der Waals surface area contributed by atoms with Gasteiger partial charge in [0, 0.05) is 17.4 Å². The molecule has 1 aromatic carbocycles. The summed E-state index contributed by atoms with van der Waals surface area (Å²) in [5, 5.41) is 3.98. The molecule has 0 aliphatic heterocycles. The molecule has 3 heteroatoms. The Morgan fingerprint density at radius 2 is 2.17 bits per heavy atom. The zero-order chi connectivity index (χ0) is 13.4. The number of alkyl halides is 1. The van der Waals surface area contributed by atoms with Crippen molar-refractivity contribution in [1.82, 2.24) is 0 Å². The summed E-state index contributed by atoms with van der Waals surface area (Å²) in [6.07, 6.45) is 3.70. The first kappa shape index (κ1) is 15.2. The van der Waals surface area contributed by atoms with E-state index >= 15 is 0 Å². The summed E-state index contributed by atoms with van der Waals surface area (Å²) >= 11 is 3.43. The number of amides is 1. The summed E-state index contributed by atoms with van der Waals surface area (Å²) in [7, 11) is 0. The fraction of sp³-hybridized carbons (Fsp3) is 0.533. The largest absolute Gasteiger partial charge is 0.326 e. The lowest BCUT2D eigenvalue weighted by Crippen LogP contribution is -2.12. The summed E-state index contributed by atoms with van der Waals surface area (Å²) in [5.41, 5.74) is 2.19. The highest BCUT2D eigenvalue weighted by atomic mass is 79.9. The van der Waals surface area contributed by atoms with Crippen molar-refractivity contribution >= 4 is 27.5 Å². The van der Waals surface area contributed by atoms with Crippen LogP contribution in [0.4, 0.5) is 5.69 Å². The van der Waals surface area contributed by atoms with Gasteiger partial charge in [-0.1, -0.05) is 41.9 Å². The quantitative estimate of drug-likeness (QED) is 0.743. The van der Waals surface area contributed by atoms with Crippen molar-refractivity contribution in [3.05, 3.63) is 29.8 Å². The van der Waals surface area contributed by atoms with E-state index in [1.807, 2.05) is 12.1 Å². The van der Waals surface area contributed by atoms with Crippen molar-refractivity contribution in [2.24, 2.45) is 5.92 Å². The molecule has 0 spiro atoms. The highest BCUT2D eigenvalue weighted by Crippen LogP contribution is 2.14. The van der Waals surface area contributed by atoms with E-state index in [0.29, 0.717) is 12.3 Å². The Bertz CT molecular complexity index is 377. The van der Waals surface area contributed by atoms with Crippen molar-refractivity contribution in [3.63, 3.8) is 0 Å². The molecule has 0 aliphatic rings. The van der Waals surface area contributed by atoms with Crippen molar-refractivity contribution in [2.75, 3.05) is 10.6 Å². The Morgan fingerprint density at radius 3 is 2.83 bits per heavy atom. The summed E-state index contributed by atoms with van der Waals surface area (Å²) < 4.78 is 0. The highest BCUT2D eigenvalue weighted by molar-refractivity contribution is 9.09. The molecule has 0 saturated heterocycles. The minimum absolute atomic E-state index is 0.112. The van der Waals surface area contributed by atoms with Gasteiger partial charge in [0.2, 0.25) is 5.91 Å². The molecule has 100 valence electrons. The van der Waals surface area contributed by atoms with Crippen LogP contribution in [0, 0.1) is 5.92 Å². The maximum atomic E-state index is 11.7. The van der Waals surface area contributed by atoms with Gasteiger partial charge in [-0.25, -0.2) is 0 Å². The lowest BCUT2D eigenvalue weighted by molar-refractivity contribution is -0.116.